The van der Waals surface area contributed by atoms with E-state index in [1.54, 1.807) is 66.7 Å². The van der Waals surface area contributed by atoms with Crippen molar-refractivity contribution in [1.29, 1.82) is 0 Å². The zero-order valence-corrected chi connectivity index (χ0v) is 28.9. The summed E-state index contributed by atoms with van der Waals surface area (Å²) in [6.45, 7) is 0. The largest absolute Gasteiger partial charge is 0.456 e. The first kappa shape index (κ1) is 21.4. The van der Waals surface area contributed by atoms with Crippen molar-refractivity contribution in [3.8, 4) is 33.4 Å². The van der Waals surface area contributed by atoms with Gasteiger partial charge in [-0.2, -0.15) is 0 Å². The van der Waals surface area contributed by atoms with E-state index in [2.05, 4.69) is 0 Å². The van der Waals surface area contributed by atoms with Crippen molar-refractivity contribution in [3.63, 3.8) is 0 Å². The summed E-state index contributed by atoms with van der Waals surface area (Å²) in [6.07, 6.45) is 0. The van der Waals surface area contributed by atoms with Gasteiger partial charge < -0.3 is 13.7 Å². The van der Waals surface area contributed by atoms with E-state index in [9.17, 15) is 16.4 Å². The van der Waals surface area contributed by atoms with E-state index in [1.807, 2.05) is 60.7 Å². The molecule has 0 aliphatic rings. The predicted molar refractivity (Wildman–Crippen MR) is 229 cm³/mol. The molecule has 0 unspecified atom stereocenters. The molecule has 55 heavy (non-hydrogen) atoms. The van der Waals surface area contributed by atoms with Crippen LogP contribution < -0.4 is 4.90 Å². The Morgan fingerprint density at radius 3 is 1.75 bits per heavy atom. The second-order valence-corrected chi connectivity index (χ2v) is 13.1. The summed E-state index contributed by atoms with van der Waals surface area (Å²) < 4.78 is 127. The van der Waals surface area contributed by atoms with E-state index in [0.29, 0.717) is 44.1 Å². The first-order valence-electron chi connectivity index (χ1n) is 23.7. The van der Waals surface area contributed by atoms with Gasteiger partial charge in [0, 0.05) is 44.2 Å². The molecule has 3 heteroatoms. The third-order valence-electron chi connectivity index (χ3n) is 9.90. The molecular weight excluding hydrogens is 671 g/mol. The van der Waals surface area contributed by atoms with Crippen molar-refractivity contribution in [2.45, 2.75) is 0 Å². The minimum absolute atomic E-state index is 0.0504. The van der Waals surface area contributed by atoms with Gasteiger partial charge in [0.05, 0.1) is 16.4 Å². The van der Waals surface area contributed by atoms with Gasteiger partial charge in [-0.3, -0.25) is 0 Å². The maximum atomic E-state index is 9.88. The van der Waals surface area contributed by atoms with Gasteiger partial charge >= 0.3 is 0 Å². The van der Waals surface area contributed by atoms with Crippen molar-refractivity contribution in [2.75, 3.05) is 4.90 Å². The van der Waals surface area contributed by atoms with Crippen LogP contribution in [0, 0.1) is 0 Å². The van der Waals surface area contributed by atoms with Crippen LogP contribution in [0.5, 0.6) is 0 Å². The Hall–Kier alpha value is -7.36. The third kappa shape index (κ3) is 5.28. The van der Waals surface area contributed by atoms with Gasteiger partial charge in [0.25, 0.3) is 0 Å². The average Bonchev–Trinajstić information content (AvgIpc) is 3.91. The highest BCUT2D eigenvalue weighted by molar-refractivity contribution is 6.10. The van der Waals surface area contributed by atoms with Crippen LogP contribution in [0.25, 0.3) is 88.0 Å². The molecule has 3 nitrogen and oxygen atoms in total. The van der Waals surface area contributed by atoms with E-state index in [-0.39, 0.29) is 27.8 Å². The summed E-state index contributed by atoms with van der Waals surface area (Å²) in [4.78, 5) is 0.872. The SMILES string of the molecule is [2H]c1c([2H])c(-c2ccc3oc4ccccc4c3c2)c([2H])c(N(c2c([2H])c([2H])c(-c3cccc4ccccc34)c([2H])c2[2H])c2c([2H])c([2H])c(-c3cccc4c3oc3ccccc34)c([2H])c2[2H])c1[2H]. The van der Waals surface area contributed by atoms with E-state index in [4.69, 9.17) is 8.83 Å². The van der Waals surface area contributed by atoms with Gasteiger partial charge in [-0.25, -0.2) is 0 Å². The summed E-state index contributed by atoms with van der Waals surface area (Å²) >= 11 is 0. The van der Waals surface area contributed by atoms with Gasteiger partial charge in [0.15, 0.2) is 0 Å². The Labute approximate surface area is 334 Å². The van der Waals surface area contributed by atoms with Gasteiger partial charge in [-0.05, 0) is 99.1 Å². The molecule has 258 valence electrons. The normalized spacial score (nSPS) is 14.7. The zero-order chi connectivity index (χ0) is 46.7. The molecule has 0 spiro atoms. The van der Waals surface area contributed by atoms with Gasteiger partial charge in [-0.1, -0.05) is 139 Å². The van der Waals surface area contributed by atoms with Crippen LogP contribution >= 0.6 is 0 Å². The Balaban J connectivity index is 1.23. The zero-order valence-electron chi connectivity index (χ0n) is 40.9. The number of para-hydroxylation sites is 3. The summed E-state index contributed by atoms with van der Waals surface area (Å²) in [5.74, 6) is 0. The molecule has 9 aromatic carbocycles. The second kappa shape index (κ2) is 12.6. The fourth-order valence-electron chi connectivity index (χ4n) is 7.30. The summed E-state index contributed by atoms with van der Waals surface area (Å²) in [7, 11) is 0. The van der Waals surface area contributed by atoms with Crippen LogP contribution in [0.15, 0.2) is 209 Å². The molecule has 0 saturated heterocycles. The van der Waals surface area contributed by atoms with Gasteiger partial charge in [0.2, 0.25) is 0 Å². The van der Waals surface area contributed by atoms with Crippen molar-refractivity contribution in [1.82, 2.24) is 0 Å². The molecule has 0 N–H and O–H groups in total. The fraction of sp³-hybridized carbons (Fsp3) is 0. The number of hydrogen-bond donors (Lipinski definition) is 0. The van der Waals surface area contributed by atoms with Gasteiger partial charge in [-0.15, -0.1) is 0 Å². The fourth-order valence-corrected chi connectivity index (χ4v) is 7.30. The highest BCUT2D eigenvalue weighted by atomic mass is 16.3. The van der Waals surface area contributed by atoms with E-state index >= 15 is 0 Å². The van der Waals surface area contributed by atoms with E-state index in [0.717, 1.165) is 21.1 Å². The molecule has 0 radical (unpaired) electrons. The predicted octanol–water partition coefficient (Wildman–Crippen LogP) is 15.1. The minimum Gasteiger partial charge on any atom is -0.456 e. The molecule has 2 aromatic heterocycles. The topological polar surface area (TPSA) is 29.5 Å². The lowest BCUT2D eigenvalue weighted by Gasteiger charge is -2.26. The molecule has 0 aliphatic carbocycles. The number of benzene rings is 9. The number of rotatable bonds is 6. The number of furan rings is 2. The second-order valence-electron chi connectivity index (χ2n) is 13.1. The number of nitrogens with zero attached hydrogens (tertiary/aromatic N) is 1. The first-order chi connectivity index (χ1) is 32.3. The Morgan fingerprint density at radius 1 is 0.382 bits per heavy atom. The molecular formula is C52H33NO2. The molecule has 0 amide bonds. The summed E-state index contributed by atoms with van der Waals surface area (Å²) in [6, 6.07) is 29.9. The van der Waals surface area contributed by atoms with Crippen molar-refractivity contribution in [2.24, 2.45) is 0 Å². The smallest absolute Gasteiger partial charge is 0.143 e. The van der Waals surface area contributed by atoms with Crippen LogP contribution in [0.1, 0.15) is 16.4 Å². The number of fused-ring (bicyclic) bond motifs is 7. The highest BCUT2D eigenvalue weighted by Crippen LogP contribution is 2.41. The molecule has 0 fully saturated rings. The van der Waals surface area contributed by atoms with Crippen molar-refractivity contribution >= 4 is 71.7 Å². The lowest BCUT2D eigenvalue weighted by Crippen LogP contribution is -2.10. The molecule has 0 saturated carbocycles. The molecule has 11 aromatic rings. The third-order valence-corrected chi connectivity index (χ3v) is 9.90. The first-order valence-corrected chi connectivity index (χ1v) is 17.7. The number of anilines is 3. The number of hydrogen-bond acceptors (Lipinski definition) is 3. The summed E-state index contributed by atoms with van der Waals surface area (Å²) in [5.41, 5.74) is 0.852. The quantitative estimate of drug-likeness (QED) is 0.172. The molecule has 2 heterocycles. The summed E-state index contributed by atoms with van der Waals surface area (Å²) in [5, 5.41) is 4.29. The molecule has 0 aliphatic heterocycles. The van der Waals surface area contributed by atoms with Crippen LogP contribution in [0.3, 0.4) is 0 Å². The maximum absolute atomic E-state index is 9.88. The van der Waals surface area contributed by atoms with E-state index < -0.39 is 89.6 Å². The molecule has 0 atom stereocenters. The van der Waals surface area contributed by atoms with Crippen molar-refractivity contribution < 1.29 is 25.3 Å². The monoisotopic (exact) mass is 715 g/mol. The Kier molecular flexibility index (Phi) is 4.91. The Morgan fingerprint density at radius 2 is 0.964 bits per heavy atom. The van der Waals surface area contributed by atoms with E-state index in [1.165, 1.54) is 0 Å². The van der Waals surface area contributed by atoms with Crippen LogP contribution in [-0.2, 0) is 0 Å². The van der Waals surface area contributed by atoms with Crippen LogP contribution in [0.2, 0.25) is 0 Å². The average molecular weight is 716 g/mol. The van der Waals surface area contributed by atoms with Crippen molar-refractivity contribution in [3.05, 3.63) is 200 Å². The molecule has 11 rings (SSSR count). The van der Waals surface area contributed by atoms with Crippen LogP contribution in [0.4, 0.5) is 17.1 Å². The van der Waals surface area contributed by atoms with Gasteiger partial charge in [0.1, 0.15) is 22.3 Å². The maximum Gasteiger partial charge on any atom is 0.143 e. The highest BCUT2D eigenvalue weighted by Gasteiger charge is 2.17. The lowest BCUT2D eigenvalue weighted by atomic mass is 9.98. The van der Waals surface area contributed by atoms with Crippen LogP contribution in [-0.4, -0.2) is 0 Å². The minimum atomic E-state index is -0.753. The standard InChI is InChI=1S/C52H33NO2/c1-2-14-42-34(10-1)11-8-17-43(42)35-22-27-39(28-23-35)53(40-29-24-36(25-30-40)44-18-9-19-47-45-15-3-6-21-50(45)55-52(44)47)41-13-7-12-37(32-41)38-26-31-51-48(33-38)46-16-4-5-20-49(46)54-51/h1-33H/i7D,12D,13D,22D,23D,24D,25D,27D,28D,29D,30D,32D. The Bertz CT molecular complexity index is 3870. The lowest BCUT2D eigenvalue weighted by molar-refractivity contribution is 0.669. The molecule has 0 bridgehead atoms.